The standard InChI is InChI=1S/C48H88NO9P/c1-6-8-10-11-12-13-14-15-16-17-18-19-20-21-22-25-28-31-35-39-47(51)55-43-46(44-57-59(53,54)56-42-41-49(3,4)5)58-48(52)40-36-32-29-26-23-24-27-30-34-38-45(50)37-33-9-7-2/h15-16,27,30,34,38,46H,6-14,17-26,28-29,31-33,35-37,39-44H2,1-5H3/p+1/b16-15-,30-27-,38-34+/t46-/m1/s1. The Labute approximate surface area is 361 Å². The molecule has 2 atom stereocenters. The van der Waals surface area contributed by atoms with Crippen LogP contribution in [0.3, 0.4) is 0 Å². The second-order valence-corrected chi connectivity index (χ2v) is 18.6. The first-order valence-electron chi connectivity index (χ1n) is 23.7. The van der Waals surface area contributed by atoms with Crippen molar-refractivity contribution < 1.29 is 46.8 Å². The van der Waals surface area contributed by atoms with E-state index in [2.05, 4.69) is 32.1 Å². The number of hydrogen-bond donors (Lipinski definition) is 1. The number of ether oxygens (including phenoxy) is 2. The largest absolute Gasteiger partial charge is 0.472 e. The van der Waals surface area contributed by atoms with Gasteiger partial charge in [-0.05, 0) is 63.9 Å². The van der Waals surface area contributed by atoms with Crippen molar-refractivity contribution in [1.82, 2.24) is 0 Å². The van der Waals surface area contributed by atoms with Gasteiger partial charge in [-0.1, -0.05) is 153 Å². The number of quaternary nitrogens is 1. The molecule has 0 aliphatic heterocycles. The monoisotopic (exact) mass is 855 g/mol. The Hall–Kier alpha value is -2.10. The Bertz CT molecular complexity index is 1160. The highest BCUT2D eigenvalue weighted by atomic mass is 31.2. The molecule has 0 aromatic rings. The first-order chi connectivity index (χ1) is 28.4. The molecule has 0 aromatic carbocycles. The van der Waals surface area contributed by atoms with E-state index in [0.29, 0.717) is 23.9 Å². The minimum Gasteiger partial charge on any atom is -0.462 e. The van der Waals surface area contributed by atoms with Crippen LogP contribution in [-0.4, -0.2) is 80.7 Å². The summed E-state index contributed by atoms with van der Waals surface area (Å²) >= 11 is 0. The third-order valence-corrected chi connectivity index (χ3v) is 11.1. The molecule has 0 saturated heterocycles. The Morgan fingerprint density at radius 3 is 1.56 bits per heavy atom. The van der Waals surface area contributed by atoms with Crippen LogP contribution in [0, 0.1) is 0 Å². The summed E-state index contributed by atoms with van der Waals surface area (Å²) < 4.78 is 34.3. The van der Waals surface area contributed by atoms with Gasteiger partial charge in [-0.15, -0.1) is 0 Å². The van der Waals surface area contributed by atoms with Gasteiger partial charge in [0.15, 0.2) is 11.9 Å². The molecule has 0 fully saturated rings. The van der Waals surface area contributed by atoms with Crippen molar-refractivity contribution in [2.24, 2.45) is 0 Å². The molecule has 10 nitrogen and oxygen atoms in total. The second kappa shape index (κ2) is 40.0. The van der Waals surface area contributed by atoms with Gasteiger partial charge in [-0.3, -0.25) is 23.4 Å². The van der Waals surface area contributed by atoms with Gasteiger partial charge < -0.3 is 18.9 Å². The van der Waals surface area contributed by atoms with E-state index < -0.39 is 26.5 Å². The van der Waals surface area contributed by atoms with E-state index in [4.69, 9.17) is 18.5 Å². The lowest BCUT2D eigenvalue weighted by molar-refractivity contribution is -0.870. The van der Waals surface area contributed by atoms with E-state index in [1.165, 1.54) is 89.9 Å². The van der Waals surface area contributed by atoms with Crippen LogP contribution in [0.5, 0.6) is 0 Å². The van der Waals surface area contributed by atoms with Crippen LogP contribution in [0.4, 0.5) is 0 Å². The van der Waals surface area contributed by atoms with E-state index in [0.717, 1.165) is 70.6 Å². The number of ketones is 1. The van der Waals surface area contributed by atoms with Crippen molar-refractivity contribution in [3.63, 3.8) is 0 Å². The topological polar surface area (TPSA) is 125 Å². The Morgan fingerprint density at radius 1 is 0.559 bits per heavy atom. The minimum absolute atomic E-state index is 0.0154. The van der Waals surface area contributed by atoms with Crippen molar-refractivity contribution in [2.75, 3.05) is 47.5 Å². The average Bonchev–Trinajstić information content (AvgIpc) is 3.18. The predicted molar refractivity (Wildman–Crippen MR) is 243 cm³/mol. The summed E-state index contributed by atoms with van der Waals surface area (Å²) in [5.74, 6) is -0.682. The van der Waals surface area contributed by atoms with E-state index in [9.17, 15) is 23.8 Å². The van der Waals surface area contributed by atoms with E-state index >= 15 is 0 Å². The number of likely N-dealkylation sites (N-methyl/N-ethyl adjacent to an activating group) is 1. The quantitative estimate of drug-likeness (QED) is 0.0121. The van der Waals surface area contributed by atoms with E-state index in [-0.39, 0.29) is 37.8 Å². The molecule has 59 heavy (non-hydrogen) atoms. The molecule has 11 heteroatoms. The fraction of sp³-hybridized carbons (Fsp3) is 0.812. The van der Waals surface area contributed by atoms with Gasteiger partial charge in [0.25, 0.3) is 0 Å². The molecule has 0 aliphatic carbocycles. The predicted octanol–water partition coefficient (Wildman–Crippen LogP) is 12.9. The molecule has 0 spiro atoms. The Morgan fingerprint density at radius 2 is 1.02 bits per heavy atom. The number of unbranched alkanes of at least 4 members (excludes halogenated alkanes) is 22. The summed E-state index contributed by atoms with van der Waals surface area (Å²) in [6.07, 6.45) is 41.7. The van der Waals surface area contributed by atoms with Crippen LogP contribution < -0.4 is 0 Å². The number of esters is 2. The number of nitrogens with zero attached hydrogens (tertiary/aromatic N) is 1. The molecule has 0 aromatic heterocycles. The van der Waals surface area contributed by atoms with Gasteiger partial charge >= 0.3 is 19.8 Å². The fourth-order valence-electron chi connectivity index (χ4n) is 6.34. The molecular formula is C48H89NO9P+. The maximum atomic E-state index is 12.7. The van der Waals surface area contributed by atoms with Crippen molar-refractivity contribution >= 4 is 25.5 Å². The van der Waals surface area contributed by atoms with Crippen LogP contribution in [0.15, 0.2) is 36.5 Å². The number of rotatable bonds is 43. The highest BCUT2D eigenvalue weighted by Gasteiger charge is 2.27. The summed E-state index contributed by atoms with van der Waals surface area (Å²) in [4.78, 5) is 47.2. The molecule has 0 saturated carbocycles. The third kappa shape index (κ3) is 43.8. The summed E-state index contributed by atoms with van der Waals surface area (Å²) in [6, 6.07) is 0. The maximum absolute atomic E-state index is 12.7. The zero-order valence-electron chi connectivity index (χ0n) is 38.5. The average molecular weight is 855 g/mol. The smallest absolute Gasteiger partial charge is 0.462 e. The van der Waals surface area contributed by atoms with Crippen molar-refractivity contribution in [2.45, 2.75) is 206 Å². The normalized spacial score (nSPS) is 13.7. The fourth-order valence-corrected chi connectivity index (χ4v) is 7.08. The SMILES string of the molecule is CCCCCCCC/C=C\CCCCCCCCCCCC(=O)OC[C@H](COP(=O)(O)OCC[N+](C)(C)C)OC(=O)CCCCCCC/C=C\C=C\C(=O)CCCCC. The summed E-state index contributed by atoms with van der Waals surface area (Å²) in [5.41, 5.74) is 0. The molecule has 1 unspecified atom stereocenters. The molecule has 0 rings (SSSR count). The van der Waals surface area contributed by atoms with Crippen LogP contribution in [0.2, 0.25) is 0 Å². The second-order valence-electron chi connectivity index (χ2n) is 17.2. The lowest BCUT2D eigenvalue weighted by Gasteiger charge is -2.24. The lowest BCUT2D eigenvalue weighted by atomic mass is 10.1. The third-order valence-electron chi connectivity index (χ3n) is 10.1. The van der Waals surface area contributed by atoms with Gasteiger partial charge in [0, 0.05) is 19.3 Å². The zero-order chi connectivity index (χ0) is 43.7. The molecule has 0 amide bonds. The Kier molecular flexibility index (Phi) is 38.6. The first kappa shape index (κ1) is 56.9. The molecular weight excluding hydrogens is 765 g/mol. The summed E-state index contributed by atoms with van der Waals surface area (Å²) in [6.45, 7) is 4.22. The number of allylic oxidation sites excluding steroid dienone is 6. The molecule has 0 bridgehead atoms. The first-order valence-corrected chi connectivity index (χ1v) is 25.2. The molecule has 0 aliphatic rings. The van der Waals surface area contributed by atoms with Gasteiger partial charge in [0.05, 0.1) is 27.7 Å². The van der Waals surface area contributed by atoms with Crippen LogP contribution in [0.1, 0.15) is 200 Å². The minimum atomic E-state index is -4.40. The molecule has 1 N–H and O–H groups in total. The van der Waals surface area contributed by atoms with Crippen LogP contribution in [0.25, 0.3) is 0 Å². The van der Waals surface area contributed by atoms with Gasteiger partial charge in [0.1, 0.15) is 19.8 Å². The maximum Gasteiger partial charge on any atom is 0.472 e. The Balaban J connectivity index is 4.35. The zero-order valence-corrected chi connectivity index (χ0v) is 39.4. The summed E-state index contributed by atoms with van der Waals surface area (Å²) in [5, 5.41) is 0. The van der Waals surface area contributed by atoms with Crippen LogP contribution in [-0.2, 0) is 37.5 Å². The highest BCUT2D eigenvalue weighted by Crippen LogP contribution is 2.43. The lowest BCUT2D eigenvalue weighted by Crippen LogP contribution is -2.37. The number of phosphoric ester groups is 1. The van der Waals surface area contributed by atoms with E-state index in [1.807, 2.05) is 33.3 Å². The van der Waals surface area contributed by atoms with Gasteiger partial charge in [-0.2, -0.15) is 0 Å². The van der Waals surface area contributed by atoms with Crippen molar-refractivity contribution in [3.05, 3.63) is 36.5 Å². The van der Waals surface area contributed by atoms with Gasteiger partial charge in [0.2, 0.25) is 0 Å². The molecule has 0 radical (unpaired) electrons. The van der Waals surface area contributed by atoms with E-state index in [1.54, 1.807) is 6.08 Å². The molecule has 344 valence electrons. The van der Waals surface area contributed by atoms with Crippen molar-refractivity contribution in [3.8, 4) is 0 Å². The van der Waals surface area contributed by atoms with Crippen LogP contribution >= 0.6 is 7.82 Å². The highest BCUT2D eigenvalue weighted by molar-refractivity contribution is 7.47. The number of carbonyl (C=O) groups is 3. The van der Waals surface area contributed by atoms with Crippen molar-refractivity contribution in [1.29, 1.82) is 0 Å². The van der Waals surface area contributed by atoms with Gasteiger partial charge in [-0.25, -0.2) is 4.57 Å². The number of phosphoric acid groups is 1. The number of hydrogen-bond acceptors (Lipinski definition) is 8. The summed E-state index contributed by atoms with van der Waals surface area (Å²) in [7, 11) is 1.42. The molecule has 0 heterocycles. The number of carbonyl (C=O) groups excluding carboxylic acids is 3.